The summed E-state index contributed by atoms with van der Waals surface area (Å²) in [7, 11) is 0. The number of nitrogens with zero attached hydrogens (tertiary/aromatic N) is 1. The molecule has 0 bridgehead atoms. The second-order valence-corrected chi connectivity index (χ2v) is 10.4. The van der Waals surface area contributed by atoms with Crippen molar-refractivity contribution in [2.45, 2.75) is 155 Å². The molecule has 2 heteroatoms. The third-order valence-electron chi connectivity index (χ3n) is 8.09. The molecule has 1 aliphatic rings. The van der Waals surface area contributed by atoms with Crippen molar-refractivity contribution in [3.8, 4) is 0 Å². The maximum Gasteiger partial charge on any atom is 0.105 e. The predicted molar refractivity (Wildman–Crippen MR) is 129 cm³/mol. The summed E-state index contributed by atoms with van der Waals surface area (Å²) in [6.07, 6.45) is 25.1. The first-order valence-electron chi connectivity index (χ1n) is 13.4. The predicted octanol–water partition coefficient (Wildman–Crippen LogP) is 9.85. The fourth-order valence-corrected chi connectivity index (χ4v) is 5.71. The topological polar surface area (TPSA) is 29.4 Å². The molecule has 0 aliphatic heterocycles. The Labute approximate surface area is 183 Å². The SMILES string of the molecule is CCC1CCCCCCCCCCCCC(N=O)(C(C)C)CCCCCC1CC. The van der Waals surface area contributed by atoms with Gasteiger partial charge in [0, 0.05) is 0 Å². The van der Waals surface area contributed by atoms with Crippen molar-refractivity contribution in [3.05, 3.63) is 4.91 Å². The van der Waals surface area contributed by atoms with Crippen molar-refractivity contribution in [2.24, 2.45) is 22.9 Å². The molecule has 3 unspecified atom stereocenters. The summed E-state index contributed by atoms with van der Waals surface area (Å²) in [6, 6.07) is 0. The van der Waals surface area contributed by atoms with Crippen molar-refractivity contribution in [1.29, 1.82) is 0 Å². The van der Waals surface area contributed by atoms with Crippen LogP contribution in [0.25, 0.3) is 0 Å². The molecule has 1 saturated carbocycles. The van der Waals surface area contributed by atoms with E-state index < -0.39 is 0 Å². The van der Waals surface area contributed by atoms with Gasteiger partial charge < -0.3 is 0 Å². The molecule has 0 saturated heterocycles. The third-order valence-corrected chi connectivity index (χ3v) is 8.09. The minimum atomic E-state index is -0.309. The molecule has 3 atom stereocenters. The summed E-state index contributed by atoms with van der Waals surface area (Å²) in [6.45, 7) is 9.21. The molecule has 0 aromatic carbocycles. The Kier molecular flexibility index (Phi) is 15.0. The van der Waals surface area contributed by atoms with Crippen LogP contribution in [0.15, 0.2) is 5.18 Å². The van der Waals surface area contributed by atoms with E-state index in [2.05, 4.69) is 32.9 Å². The number of hydrogen-bond acceptors (Lipinski definition) is 2. The van der Waals surface area contributed by atoms with Crippen molar-refractivity contribution in [3.63, 3.8) is 0 Å². The Morgan fingerprint density at radius 1 is 0.655 bits per heavy atom. The van der Waals surface area contributed by atoms with Gasteiger partial charge in [0.25, 0.3) is 0 Å². The molecule has 0 amide bonds. The van der Waals surface area contributed by atoms with Gasteiger partial charge in [0.1, 0.15) is 5.54 Å². The fraction of sp³-hybridized carbons (Fsp3) is 1.00. The van der Waals surface area contributed by atoms with Gasteiger partial charge in [-0.3, -0.25) is 0 Å². The maximum absolute atomic E-state index is 11.8. The van der Waals surface area contributed by atoms with Crippen LogP contribution in [0.3, 0.4) is 0 Å². The number of rotatable bonds is 4. The lowest BCUT2D eigenvalue weighted by Gasteiger charge is -2.31. The van der Waals surface area contributed by atoms with Gasteiger partial charge in [-0.15, -0.1) is 0 Å². The third kappa shape index (κ3) is 10.5. The molecule has 0 heterocycles. The van der Waals surface area contributed by atoms with Crippen molar-refractivity contribution in [2.75, 3.05) is 0 Å². The normalized spacial score (nSPS) is 30.7. The lowest BCUT2D eigenvalue weighted by Crippen LogP contribution is -2.32. The lowest BCUT2D eigenvalue weighted by molar-refractivity contribution is 0.241. The van der Waals surface area contributed by atoms with Gasteiger partial charge in [0.05, 0.1) is 0 Å². The highest BCUT2D eigenvalue weighted by Gasteiger charge is 2.34. The molecular weight excluding hydrogens is 354 g/mol. The summed E-state index contributed by atoms with van der Waals surface area (Å²) in [5.41, 5.74) is -0.309. The zero-order valence-electron chi connectivity index (χ0n) is 20.5. The highest BCUT2D eigenvalue weighted by atomic mass is 16.3. The molecular formula is C27H53NO. The van der Waals surface area contributed by atoms with E-state index in [1.807, 2.05) is 0 Å². The quantitative estimate of drug-likeness (QED) is 0.426. The van der Waals surface area contributed by atoms with Crippen LogP contribution in [0, 0.1) is 22.7 Å². The summed E-state index contributed by atoms with van der Waals surface area (Å²) in [5, 5.41) is 3.74. The summed E-state index contributed by atoms with van der Waals surface area (Å²) >= 11 is 0. The average Bonchev–Trinajstić information content (AvgIpc) is 2.72. The molecule has 1 fully saturated rings. The van der Waals surface area contributed by atoms with Crippen molar-refractivity contribution < 1.29 is 0 Å². The Morgan fingerprint density at radius 3 is 1.34 bits per heavy atom. The van der Waals surface area contributed by atoms with E-state index in [-0.39, 0.29) is 5.54 Å². The van der Waals surface area contributed by atoms with Gasteiger partial charge in [0.15, 0.2) is 0 Å². The largest absolute Gasteiger partial charge is 0.150 e. The van der Waals surface area contributed by atoms with Crippen molar-refractivity contribution >= 4 is 0 Å². The minimum Gasteiger partial charge on any atom is -0.150 e. The molecule has 0 spiro atoms. The van der Waals surface area contributed by atoms with Crippen molar-refractivity contribution in [1.82, 2.24) is 0 Å². The van der Waals surface area contributed by atoms with Crippen LogP contribution in [-0.4, -0.2) is 5.54 Å². The molecule has 172 valence electrons. The van der Waals surface area contributed by atoms with Gasteiger partial charge in [-0.25, -0.2) is 0 Å². The van der Waals surface area contributed by atoms with Gasteiger partial charge in [-0.1, -0.05) is 142 Å². The number of hydrogen-bond donors (Lipinski definition) is 0. The summed E-state index contributed by atoms with van der Waals surface area (Å²) in [5.74, 6) is 2.20. The highest BCUT2D eigenvalue weighted by molar-refractivity contribution is 4.90. The van der Waals surface area contributed by atoms with E-state index in [0.29, 0.717) is 5.92 Å². The van der Waals surface area contributed by atoms with E-state index in [1.165, 1.54) is 109 Å². The highest BCUT2D eigenvalue weighted by Crippen LogP contribution is 2.35. The summed E-state index contributed by atoms with van der Waals surface area (Å²) in [4.78, 5) is 11.8. The molecule has 2 nitrogen and oxygen atoms in total. The van der Waals surface area contributed by atoms with E-state index in [1.54, 1.807) is 0 Å². The second kappa shape index (κ2) is 16.3. The van der Waals surface area contributed by atoms with Gasteiger partial charge in [-0.05, 0) is 30.6 Å². The van der Waals surface area contributed by atoms with Crippen LogP contribution >= 0.6 is 0 Å². The zero-order chi connectivity index (χ0) is 21.4. The second-order valence-electron chi connectivity index (χ2n) is 10.4. The van der Waals surface area contributed by atoms with Gasteiger partial charge in [-0.2, -0.15) is 4.91 Å². The standard InChI is InChI=1S/C27H53NO/c1-5-25-20-16-13-11-9-7-8-10-12-14-18-22-27(28-29,24(3)4)23-19-15-17-21-26(25)6-2/h24-26H,5-23H2,1-4H3. The van der Waals surface area contributed by atoms with Crippen LogP contribution in [0.4, 0.5) is 0 Å². The molecule has 0 radical (unpaired) electrons. The van der Waals surface area contributed by atoms with Crippen LogP contribution in [0.2, 0.25) is 0 Å². The Bertz CT molecular complexity index is 394. The number of nitroso groups, excluding NO2 is 1. The minimum absolute atomic E-state index is 0.309. The van der Waals surface area contributed by atoms with Crippen LogP contribution < -0.4 is 0 Å². The van der Waals surface area contributed by atoms with E-state index in [9.17, 15) is 4.91 Å². The van der Waals surface area contributed by atoms with Gasteiger partial charge >= 0.3 is 0 Å². The molecule has 1 rings (SSSR count). The molecule has 0 aromatic rings. The molecule has 0 N–H and O–H groups in total. The van der Waals surface area contributed by atoms with Crippen LogP contribution in [-0.2, 0) is 0 Å². The smallest absolute Gasteiger partial charge is 0.105 e. The van der Waals surface area contributed by atoms with E-state index in [0.717, 1.165) is 24.7 Å². The van der Waals surface area contributed by atoms with E-state index in [4.69, 9.17) is 0 Å². The maximum atomic E-state index is 11.8. The molecule has 29 heavy (non-hydrogen) atoms. The van der Waals surface area contributed by atoms with Crippen LogP contribution in [0.5, 0.6) is 0 Å². The Hall–Kier alpha value is -0.400. The Balaban J connectivity index is 2.62. The summed E-state index contributed by atoms with van der Waals surface area (Å²) < 4.78 is 0. The van der Waals surface area contributed by atoms with Crippen LogP contribution in [0.1, 0.15) is 150 Å². The van der Waals surface area contributed by atoms with Gasteiger partial charge in [0.2, 0.25) is 0 Å². The first-order chi connectivity index (χ1) is 14.1. The average molecular weight is 408 g/mol. The van der Waals surface area contributed by atoms with E-state index >= 15 is 0 Å². The fourth-order valence-electron chi connectivity index (χ4n) is 5.71. The molecule has 0 aromatic heterocycles. The first kappa shape index (κ1) is 26.6. The zero-order valence-corrected chi connectivity index (χ0v) is 20.5. The first-order valence-corrected chi connectivity index (χ1v) is 13.4. The lowest BCUT2D eigenvalue weighted by atomic mass is 9.77. The Morgan fingerprint density at radius 2 is 1.00 bits per heavy atom. The monoisotopic (exact) mass is 407 g/mol. The molecule has 1 aliphatic carbocycles.